The van der Waals surface area contributed by atoms with Crippen molar-refractivity contribution in [3.05, 3.63) is 11.4 Å². The number of hydrogen-bond acceptors (Lipinski definition) is 2. The van der Waals surface area contributed by atoms with Gasteiger partial charge in [0, 0.05) is 0 Å². The van der Waals surface area contributed by atoms with Crippen LogP contribution >= 0.6 is 11.6 Å². The summed E-state index contributed by atoms with van der Waals surface area (Å²) in [5.41, 5.74) is -0.991. The highest BCUT2D eigenvalue weighted by molar-refractivity contribution is 6.16. The number of aromatic nitrogens is 3. The molecule has 84 valence electrons. The summed E-state index contributed by atoms with van der Waals surface area (Å²) in [5, 5.41) is 6.99. The summed E-state index contributed by atoms with van der Waals surface area (Å²) >= 11 is 5.40. The lowest BCUT2D eigenvalue weighted by atomic mass is 10.3. The molecule has 0 aliphatic heterocycles. The van der Waals surface area contributed by atoms with Gasteiger partial charge >= 0.3 is 6.18 Å². The molecular formula is C8H9ClF3N3. The molecule has 2 rings (SSSR count). The lowest BCUT2D eigenvalue weighted by Gasteiger charge is -2.09. The van der Waals surface area contributed by atoms with E-state index >= 15 is 0 Å². The van der Waals surface area contributed by atoms with Gasteiger partial charge in [-0.2, -0.15) is 13.2 Å². The van der Waals surface area contributed by atoms with Crippen molar-refractivity contribution >= 4 is 11.6 Å². The van der Waals surface area contributed by atoms with E-state index in [1.165, 1.54) is 0 Å². The van der Waals surface area contributed by atoms with Crippen LogP contribution in [-0.4, -0.2) is 15.0 Å². The monoisotopic (exact) mass is 239 g/mol. The van der Waals surface area contributed by atoms with Crippen LogP contribution in [0.25, 0.3) is 0 Å². The quantitative estimate of drug-likeness (QED) is 0.743. The highest BCUT2D eigenvalue weighted by Crippen LogP contribution is 2.45. The van der Waals surface area contributed by atoms with Gasteiger partial charge in [-0.15, -0.1) is 16.7 Å². The summed E-state index contributed by atoms with van der Waals surface area (Å²) in [6.07, 6.45) is -3.72. The second kappa shape index (κ2) is 3.37. The highest BCUT2D eigenvalue weighted by atomic mass is 35.5. The van der Waals surface area contributed by atoms with Crippen molar-refractivity contribution in [2.24, 2.45) is 5.92 Å². The molecule has 7 heteroatoms. The zero-order chi connectivity index (χ0) is 11.2. The van der Waals surface area contributed by atoms with E-state index in [1.54, 1.807) is 0 Å². The average Bonchev–Trinajstić information content (AvgIpc) is 2.70. The van der Waals surface area contributed by atoms with Crippen molar-refractivity contribution in [3.63, 3.8) is 0 Å². The molecule has 3 nitrogen and oxygen atoms in total. The first-order chi connectivity index (χ1) is 6.95. The van der Waals surface area contributed by atoms with Crippen molar-refractivity contribution in [2.45, 2.75) is 31.4 Å². The molecule has 2 unspecified atom stereocenters. The Hall–Kier alpha value is -0.780. The van der Waals surface area contributed by atoms with E-state index in [9.17, 15) is 13.2 Å². The van der Waals surface area contributed by atoms with Gasteiger partial charge in [0.2, 0.25) is 0 Å². The van der Waals surface area contributed by atoms with E-state index in [0.29, 0.717) is 6.42 Å². The van der Waals surface area contributed by atoms with Gasteiger partial charge < -0.3 is 0 Å². The van der Waals surface area contributed by atoms with Gasteiger partial charge in [-0.25, -0.2) is 4.68 Å². The van der Waals surface area contributed by atoms with Crippen LogP contribution in [0.15, 0.2) is 0 Å². The number of hydrogen-bond donors (Lipinski definition) is 0. The van der Waals surface area contributed by atoms with Gasteiger partial charge in [-0.3, -0.25) is 0 Å². The van der Waals surface area contributed by atoms with Crippen LogP contribution in [0.3, 0.4) is 0 Å². The predicted octanol–water partition coefficient (Wildman–Crippen LogP) is 2.62. The molecule has 1 fully saturated rings. The topological polar surface area (TPSA) is 30.7 Å². The minimum atomic E-state index is -4.43. The molecule has 1 aliphatic rings. The van der Waals surface area contributed by atoms with E-state index < -0.39 is 11.9 Å². The largest absolute Gasteiger partial charge is 0.434 e. The maximum absolute atomic E-state index is 12.7. The summed E-state index contributed by atoms with van der Waals surface area (Å²) in [6, 6.07) is -0.175. The Balaban J connectivity index is 2.43. The molecule has 0 saturated heterocycles. The van der Waals surface area contributed by atoms with Crippen LogP contribution in [0.2, 0.25) is 0 Å². The fourth-order valence-electron chi connectivity index (χ4n) is 1.59. The molecule has 0 radical (unpaired) electrons. The summed E-state index contributed by atoms with van der Waals surface area (Å²) in [7, 11) is 0. The van der Waals surface area contributed by atoms with E-state index in [2.05, 4.69) is 10.3 Å². The standard InChI is InChI=1S/C8H9ClF3N3/c1-4-2-6(4)15-7(8(10,11)12)5(3-9)13-14-15/h4,6H,2-3H2,1H3. The summed E-state index contributed by atoms with van der Waals surface area (Å²) < 4.78 is 39.0. The maximum Gasteiger partial charge on any atom is 0.434 e. The smallest absolute Gasteiger partial charge is 0.237 e. The summed E-state index contributed by atoms with van der Waals surface area (Å²) in [5.74, 6) is -0.0355. The van der Waals surface area contributed by atoms with E-state index in [1.807, 2.05) is 6.92 Å². The van der Waals surface area contributed by atoms with Crippen molar-refractivity contribution in [3.8, 4) is 0 Å². The molecule has 1 heterocycles. The zero-order valence-electron chi connectivity index (χ0n) is 7.92. The van der Waals surface area contributed by atoms with Gasteiger partial charge in [-0.1, -0.05) is 12.1 Å². The third-order valence-corrected chi connectivity index (χ3v) is 2.79. The second-order valence-corrected chi connectivity index (χ2v) is 4.01. The Bertz CT molecular complexity index is 374. The number of alkyl halides is 4. The van der Waals surface area contributed by atoms with Gasteiger partial charge in [0.1, 0.15) is 5.69 Å². The minimum absolute atomic E-state index is 0.175. The van der Waals surface area contributed by atoms with Crippen molar-refractivity contribution < 1.29 is 13.2 Å². The maximum atomic E-state index is 12.7. The lowest BCUT2D eigenvalue weighted by molar-refractivity contribution is -0.144. The first-order valence-corrected chi connectivity index (χ1v) is 5.05. The van der Waals surface area contributed by atoms with E-state index in [-0.39, 0.29) is 23.5 Å². The Morgan fingerprint density at radius 3 is 2.53 bits per heavy atom. The fourth-order valence-corrected chi connectivity index (χ4v) is 1.77. The van der Waals surface area contributed by atoms with Gasteiger partial charge in [0.15, 0.2) is 5.69 Å². The molecular weight excluding hydrogens is 231 g/mol. The van der Waals surface area contributed by atoms with Gasteiger partial charge in [0.05, 0.1) is 11.9 Å². The Morgan fingerprint density at radius 1 is 1.53 bits per heavy atom. The van der Waals surface area contributed by atoms with Crippen LogP contribution in [0.5, 0.6) is 0 Å². The first-order valence-electron chi connectivity index (χ1n) is 4.52. The predicted molar refractivity (Wildman–Crippen MR) is 47.4 cm³/mol. The van der Waals surface area contributed by atoms with Gasteiger partial charge in [-0.05, 0) is 12.3 Å². The van der Waals surface area contributed by atoms with Crippen LogP contribution in [0.4, 0.5) is 13.2 Å². The number of halogens is 4. The Morgan fingerprint density at radius 2 is 2.13 bits per heavy atom. The molecule has 15 heavy (non-hydrogen) atoms. The molecule has 1 aliphatic carbocycles. The summed E-state index contributed by atoms with van der Waals surface area (Å²) in [4.78, 5) is 0. The van der Waals surface area contributed by atoms with Gasteiger partial charge in [0.25, 0.3) is 0 Å². The third-order valence-electron chi connectivity index (χ3n) is 2.54. The minimum Gasteiger partial charge on any atom is -0.237 e. The van der Waals surface area contributed by atoms with E-state index in [4.69, 9.17) is 11.6 Å². The van der Waals surface area contributed by atoms with Crippen LogP contribution in [-0.2, 0) is 12.1 Å². The Kier molecular flexibility index (Phi) is 2.41. The number of rotatable bonds is 2. The van der Waals surface area contributed by atoms with Crippen LogP contribution in [0.1, 0.15) is 30.8 Å². The molecule has 0 bridgehead atoms. The molecule has 0 aromatic carbocycles. The molecule has 1 aromatic heterocycles. The highest BCUT2D eigenvalue weighted by Gasteiger charge is 2.45. The molecule has 0 N–H and O–H groups in total. The summed E-state index contributed by atoms with van der Waals surface area (Å²) in [6.45, 7) is 1.88. The SMILES string of the molecule is CC1CC1n1nnc(CCl)c1C(F)(F)F. The van der Waals surface area contributed by atoms with E-state index in [0.717, 1.165) is 4.68 Å². The van der Waals surface area contributed by atoms with Crippen molar-refractivity contribution in [1.29, 1.82) is 0 Å². The van der Waals surface area contributed by atoms with Crippen LogP contribution in [0, 0.1) is 5.92 Å². The number of nitrogens with zero attached hydrogens (tertiary/aromatic N) is 3. The molecule has 0 amide bonds. The molecule has 2 atom stereocenters. The molecule has 1 saturated carbocycles. The average molecular weight is 240 g/mol. The fraction of sp³-hybridized carbons (Fsp3) is 0.750. The van der Waals surface area contributed by atoms with Crippen LogP contribution < -0.4 is 0 Å². The first kappa shape index (κ1) is 10.7. The molecule has 1 aromatic rings. The Labute approximate surface area is 89.2 Å². The normalized spacial score (nSPS) is 25.7. The van der Waals surface area contributed by atoms with Crippen molar-refractivity contribution in [1.82, 2.24) is 15.0 Å². The third kappa shape index (κ3) is 1.82. The second-order valence-electron chi connectivity index (χ2n) is 3.74. The van der Waals surface area contributed by atoms with Crippen molar-refractivity contribution in [2.75, 3.05) is 0 Å². The lowest BCUT2D eigenvalue weighted by Crippen LogP contribution is -2.16. The molecule has 0 spiro atoms. The zero-order valence-corrected chi connectivity index (χ0v) is 8.68.